The van der Waals surface area contributed by atoms with Crippen LogP contribution in [0.15, 0.2) is 0 Å². The Hall–Kier alpha value is -1.17. The number of amides is 1. The van der Waals surface area contributed by atoms with Crippen molar-refractivity contribution in [1.82, 2.24) is 5.32 Å². The molecule has 0 radical (unpaired) electrons. The zero-order valence-corrected chi connectivity index (χ0v) is 9.60. The predicted octanol–water partition coefficient (Wildman–Crippen LogP) is 2.31. The molecule has 1 atom stereocenters. The Kier molecular flexibility index (Phi) is 4.00. The van der Waals surface area contributed by atoms with E-state index in [0.717, 1.165) is 0 Å². The van der Waals surface area contributed by atoms with Gasteiger partial charge in [-0.3, -0.25) is 0 Å². The number of ether oxygens (including phenoxy) is 1. The van der Waals surface area contributed by atoms with Gasteiger partial charge in [-0.1, -0.05) is 12.8 Å². The molecule has 14 heavy (non-hydrogen) atoms. The molecule has 0 rings (SSSR count). The largest absolute Gasteiger partial charge is 0.444 e. The van der Waals surface area contributed by atoms with Crippen molar-refractivity contribution >= 4 is 6.09 Å². The van der Waals surface area contributed by atoms with Crippen LogP contribution in [0.2, 0.25) is 0 Å². The summed E-state index contributed by atoms with van der Waals surface area (Å²) >= 11 is 0. The van der Waals surface area contributed by atoms with E-state index in [-0.39, 0.29) is 0 Å². The lowest BCUT2D eigenvalue weighted by atomic mass is 10.0. The third-order valence-corrected chi connectivity index (χ3v) is 1.80. The molecule has 3 nitrogen and oxygen atoms in total. The Labute approximate surface area is 86.2 Å². The Morgan fingerprint density at radius 1 is 1.43 bits per heavy atom. The molecule has 0 aliphatic carbocycles. The molecule has 1 amide bonds. The second-order valence-corrected chi connectivity index (χ2v) is 4.46. The molecule has 0 saturated heterocycles. The van der Waals surface area contributed by atoms with Gasteiger partial charge in [-0.2, -0.15) is 0 Å². The van der Waals surface area contributed by atoms with Crippen LogP contribution < -0.4 is 5.32 Å². The summed E-state index contributed by atoms with van der Waals surface area (Å²) in [5.74, 6) is 2.53. The number of alkyl carbamates (subject to hydrolysis) is 1. The van der Waals surface area contributed by atoms with Crippen LogP contribution in [0.25, 0.3) is 0 Å². The van der Waals surface area contributed by atoms with Gasteiger partial charge < -0.3 is 10.1 Å². The molecule has 1 N–H and O–H groups in total. The molecular formula is C11H19NO2. The third kappa shape index (κ3) is 4.76. The Balaban J connectivity index is 4.27. The molecule has 3 heteroatoms. The first-order valence-electron chi connectivity index (χ1n) is 4.71. The fourth-order valence-electron chi connectivity index (χ4n) is 0.755. The Morgan fingerprint density at radius 2 is 1.93 bits per heavy atom. The molecule has 0 aliphatic heterocycles. The minimum absolute atomic E-state index is 0.472. The topological polar surface area (TPSA) is 38.3 Å². The highest BCUT2D eigenvalue weighted by atomic mass is 16.6. The Bertz CT molecular complexity index is 247. The number of carbonyl (C=O) groups is 1. The molecule has 0 aromatic heterocycles. The van der Waals surface area contributed by atoms with Crippen LogP contribution in [0.4, 0.5) is 4.79 Å². The summed E-state index contributed by atoms with van der Waals surface area (Å²) < 4.78 is 5.09. The molecule has 0 aromatic carbocycles. The average molecular weight is 197 g/mol. The van der Waals surface area contributed by atoms with Crippen molar-refractivity contribution in [3.8, 4) is 12.3 Å². The van der Waals surface area contributed by atoms with E-state index in [2.05, 4.69) is 11.2 Å². The molecule has 0 aromatic rings. The summed E-state index contributed by atoms with van der Waals surface area (Å²) in [5.41, 5.74) is -1.12. The number of nitrogens with one attached hydrogen (secondary N) is 1. The number of carbonyl (C=O) groups excluding carboxylic acids is 1. The van der Waals surface area contributed by atoms with Crippen LogP contribution in [0.3, 0.4) is 0 Å². The monoisotopic (exact) mass is 197 g/mol. The molecule has 0 saturated carbocycles. The SMILES string of the molecule is C#CC(C)(CC)NC(=O)OC(C)(C)C. The van der Waals surface area contributed by atoms with Crippen LogP contribution in [-0.4, -0.2) is 17.2 Å². The fourth-order valence-corrected chi connectivity index (χ4v) is 0.755. The molecule has 0 aliphatic rings. The van der Waals surface area contributed by atoms with Gasteiger partial charge in [-0.05, 0) is 34.1 Å². The van der Waals surface area contributed by atoms with Gasteiger partial charge in [-0.25, -0.2) is 4.79 Å². The fraction of sp³-hybridized carbons (Fsp3) is 0.727. The van der Waals surface area contributed by atoms with Crippen LogP contribution in [0.1, 0.15) is 41.0 Å². The lowest BCUT2D eigenvalue weighted by Crippen LogP contribution is -2.46. The smallest absolute Gasteiger partial charge is 0.408 e. The molecule has 80 valence electrons. The van der Waals surface area contributed by atoms with Crippen molar-refractivity contribution in [3.63, 3.8) is 0 Å². The standard InChI is InChI=1S/C11H19NO2/c1-7-11(6,8-2)12-9(13)14-10(3,4)5/h1H,8H2,2-6H3,(H,12,13). The minimum atomic E-state index is -0.623. The van der Waals surface area contributed by atoms with Crippen molar-refractivity contribution < 1.29 is 9.53 Å². The zero-order chi connectivity index (χ0) is 11.4. The molecule has 0 fully saturated rings. The van der Waals surface area contributed by atoms with Crippen molar-refractivity contribution in [2.24, 2.45) is 0 Å². The summed E-state index contributed by atoms with van der Waals surface area (Å²) in [6.07, 6.45) is 5.51. The number of hydrogen-bond acceptors (Lipinski definition) is 2. The maximum atomic E-state index is 11.4. The lowest BCUT2D eigenvalue weighted by Gasteiger charge is -2.26. The van der Waals surface area contributed by atoms with Crippen molar-refractivity contribution in [2.75, 3.05) is 0 Å². The van der Waals surface area contributed by atoms with Gasteiger partial charge in [0.15, 0.2) is 0 Å². The van der Waals surface area contributed by atoms with E-state index in [9.17, 15) is 4.79 Å². The lowest BCUT2D eigenvalue weighted by molar-refractivity contribution is 0.0486. The number of hydrogen-bond donors (Lipinski definition) is 1. The summed E-state index contributed by atoms with van der Waals surface area (Å²) in [6.45, 7) is 9.14. The zero-order valence-electron chi connectivity index (χ0n) is 9.60. The van der Waals surface area contributed by atoms with Crippen molar-refractivity contribution in [3.05, 3.63) is 0 Å². The first-order chi connectivity index (χ1) is 6.22. The summed E-state index contributed by atoms with van der Waals surface area (Å²) in [6, 6.07) is 0. The van der Waals surface area contributed by atoms with Crippen LogP contribution in [0.5, 0.6) is 0 Å². The van der Waals surface area contributed by atoms with Gasteiger partial charge in [0.25, 0.3) is 0 Å². The highest BCUT2D eigenvalue weighted by Crippen LogP contribution is 2.11. The van der Waals surface area contributed by atoms with Gasteiger partial charge in [0, 0.05) is 0 Å². The van der Waals surface area contributed by atoms with E-state index >= 15 is 0 Å². The second-order valence-electron chi connectivity index (χ2n) is 4.46. The quantitative estimate of drug-likeness (QED) is 0.690. The maximum Gasteiger partial charge on any atom is 0.408 e. The summed E-state index contributed by atoms with van der Waals surface area (Å²) in [5, 5.41) is 2.65. The van der Waals surface area contributed by atoms with E-state index in [1.165, 1.54) is 0 Å². The maximum absolute atomic E-state index is 11.4. The highest BCUT2D eigenvalue weighted by molar-refractivity contribution is 5.69. The van der Waals surface area contributed by atoms with E-state index in [4.69, 9.17) is 11.2 Å². The van der Waals surface area contributed by atoms with Gasteiger partial charge in [0.05, 0.1) is 0 Å². The van der Waals surface area contributed by atoms with Crippen LogP contribution in [0, 0.1) is 12.3 Å². The minimum Gasteiger partial charge on any atom is -0.444 e. The average Bonchev–Trinajstić information content (AvgIpc) is 2.00. The second kappa shape index (κ2) is 4.36. The Morgan fingerprint density at radius 3 is 2.21 bits per heavy atom. The van der Waals surface area contributed by atoms with Gasteiger partial charge in [0.2, 0.25) is 0 Å². The van der Waals surface area contributed by atoms with Gasteiger partial charge in [-0.15, -0.1) is 6.42 Å². The number of rotatable bonds is 2. The molecule has 0 heterocycles. The molecular weight excluding hydrogens is 178 g/mol. The molecule has 0 spiro atoms. The van der Waals surface area contributed by atoms with E-state index in [0.29, 0.717) is 6.42 Å². The first kappa shape index (κ1) is 12.8. The van der Waals surface area contributed by atoms with Crippen molar-refractivity contribution in [2.45, 2.75) is 52.2 Å². The predicted molar refractivity (Wildman–Crippen MR) is 56.9 cm³/mol. The van der Waals surface area contributed by atoms with Crippen LogP contribution in [-0.2, 0) is 4.74 Å². The molecule has 0 bridgehead atoms. The summed E-state index contributed by atoms with van der Waals surface area (Å²) in [4.78, 5) is 11.4. The normalized spacial score (nSPS) is 15.1. The van der Waals surface area contributed by atoms with E-state index in [1.807, 2.05) is 27.7 Å². The van der Waals surface area contributed by atoms with E-state index < -0.39 is 17.2 Å². The first-order valence-corrected chi connectivity index (χ1v) is 4.71. The molecule has 1 unspecified atom stereocenters. The van der Waals surface area contributed by atoms with Crippen LogP contribution >= 0.6 is 0 Å². The number of terminal acetylenes is 1. The summed E-state index contributed by atoms with van der Waals surface area (Å²) in [7, 11) is 0. The van der Waals surface area contributed by atoms with E-state index in [1.54, 1.807) is 6.92 Å². The van der Waals surface area contributed by atoms with Gasteiger partial charge >= 0.3 is 6.09 Å². The van der Waals surface area contributed by atoms with Gasteiger partial charge in [0.1, 0.15) is 11.1 Å². The highest BCUT2D eigenvalue weighted by Gasteiger charge is 2.24. The third-order valence-electron chi connectivity index (χ3n) is 1.80. The van der Waals surface area contributed by atoms with Crippen molar-refractivity contribution in [1.29, 1.82) is 0 Å².